The van der Waals surface area contributed by atoms with Gasteiger partial charge in [0.25, 0.3) is 5.91 Å². The molecule has 0 aliphatic rings. The smallest absolute Gasteiger partial charge is 0.255 e. The Morgan fingerprint density at radius 2 is 1.81 bits per heavy atom. The maximum atomic E-state index is 14.3. The van der Waals surface area contributed by atoms with Crippen LogP contribution >= 0.6 is 0 Å². The second-order valence-electron chi connectivity index (χ2n) is 8.27. The lowest BCUT2D eigenvalue weighted by atomic mass is 10.1. The van der Waals surface area contributed by atoms with Crippen LogP contribution in [0, 0.1) is 12.7 Å². The Labute approximate surface area is 219 Å². The largest absolute Gasteiger partial charge is 0.490 e. The average molecular weight is 506 g/mol. The molecule has 3 aromatic carbocycles. The fraction of sp³-hybridized carbons (Fsp3) is 0.300. The molecule has 1 aromatic heterocycles. The zero-order chi connectivity index (χ0) is 26.8. The molecule has 1 amide bonds. The number of fused-ring (bicyclic) bond motifs is 1. The summed E-state index contributed by atoms with van der Waals surface area (Å²) < 4.78 is 26.2. The standard InChI is InChI=1S/C28H28FN3O3.C2H6.H2/c1-4-8-21(5-2)34-22-16-19(15-20(29)17-22)28(33)32-25-11-12-26(24-10-7-6-9-23(24)25)35-27-13-14-30-18(3)31-27;1-2;/h6-7,9-17,21H,4-5,8H2,1-3H3,(H,32,33);1-2H3;1H. The third kappa shape index (κ3) is 7.26. The topological polar surface area (TPSA) is 73.3 Å². The number of hydrogen-bond acceptors (Lipinski definition) is 5. The Balaban J connectivity index is 0.00000165. The molecule has 1 atom stereocenters. The monoisotopic (exact) mass is 505 g/mol. The normalized spacial score (nSPS) is 11.3. The molecule has 0 saturated carbocycles. The molecule has 0 spiro atoms. The highest BCUT2D eigenvalue weighted by Crippen LogP contribution is 2.34. The van der Waals surface area contributed by atoms with E-state index in [-0.39, 0.29) is 13.1 Å². The van der Waals surface area contributed by atoms with Gasteiger partial charge in [-0.3, -0.25) is 4.79 Å². The van der Waals surface area contributed by atoms with Gasteiger partial charge in [-0.05, 0) is 44.0 Å². The quantitative estimate of drug-likeness (QED) is 0.247. The average Bonchev–Trinajstić information content (AvgIpc) is 2.90. The van der Waals surface area contributed by atoms with Gasteiger partial charge in [0.2, 0.25) is 5.88 Å². The number of rotatable bonds is 9. The van der Waals surface area contributed by atoms with Crippen LogP contribution in [0.3, 0.4) is 0 Å². The molecule has 4 aromatic rings. The van der Waals surface area contributed by atoms with Crippen LogP contribution in [0.5, 0.6) is 17.4 Å². The predicted octanol–water partition coefficient (Wildman–Crippen LogP) is 8.35. The van der Waals surface area contributed by atoms with Crippen molar-refractivity contribution < 1.29 is 20.1 Å². The van der Waals surface area contributed by atoms with Crippen molar-refractivity contribution in [3.63, 3.8) is 0 Å². The molecule has 1 unspecified atom stereocenters. The van der Waals surface area contributed by atoms with E-state index in [1.807, 2.05) is 45.0 Å². The fourth-order valence-electron chi connectivity index (χ4n) is 3.89. The number of carbonyl (C=O) groups is 1. The first-order valence-electron chi connectivity index (χ1n) is 12.7. The molecule has 0 saturated heterocycles. The summed E-state index contributed by atoms with van der Waals surface area (Å²) in [4.78, 5) is 21.5. The van der Waals surface area contributed by atoms with Crippen LogP contribution in [0.15, 0.2) is 66.9 Å². The lowest BCUT2D eigenvalue weighted by molar-refractivity contribution is 0.102. The zero-order valence-electron chi connectivity index (χ0n) is 22.0. The molecule has 7 heteroatoms. The minimum absolute atomic E-state index is 0. The minimum Gasteiger partial charge on any atom is -0.490 e. The van der Waals surface area contributed by atoms with E-state index in [0.717, 1.165) is 30.0 Å². The number of nitrogens with zero attached hydrogens (tertiary/aromatic N) is 2. The summed E-state index contributed by atoms with van der Waals surface area (Å²) in [6, 6.07) is 16.9. The first-order chi connectivity index (χ1) is 18.0. The van der Waals surface area contributed by atoms with E-state index >= 15 is 0 Å². The predicted molar refractivity (Wildman–Crippen MR) is 148 cm³/mol. The van der Waals surface area contributed by atoms with E-state index in [0.29, 0.717) is 28.9 Å². The van der Waals surface area contributed by atoms with Gasteiger partial charge in [0, 0.05) is 41.8 Å². The van der Waals surface area contributed by atoms with Gasteiger partial charge in [0.15, 0.2) is 0 Å². The highest BCUT2D eigenvalue weighted by Gasteiger charge is 2.15. The lowest BCUT2D eigenvalue weighted by Gasteiger charge is -2.17. The number of aromatic nitrogens is 2. The van der Waals surface area contributed by atoms with Crippen molar-refractivity contribution in [3.8, 4) is 17.4 Å². The van der Waals surface area contributed by atoms with Gasteiger partial charge in [-0.2, -0.15) is 4.98 Å². The summed E-state index contributed by atoms with van der Waals surface area (Å²) in [7, 11) is 0. The summed E-state index contributed by atoms with van der Waals surface area (Å²) in [5.74, 6) is 1.04. The van der Waals surface area contributed by atoms with Gasteiger partial charge in [0.05, 0.1) is 6.10 Å². The number of nitrogens with one attached hydrogen (secondary N) is 1. The van der Waals surface area contributed by atoms with Crippen LogP contribution in [0.1, 0.15) is 64.6 Å². The molecule has 4 rings (SSSR count). The number of halogens is 1. The number of aryl methyl sites for hydroxylation is 1. The Morgan fingerprint density at radius 3 is 2.51 bits per heavy atom. The van der Waals surface area contributed by atoms with Crippen molar-refractivity contribution in [1.29, 1.82) is 0 Å². The first kappa shape index (κ1) is 27.6. The maximum absolute atomic E-state index is 14.3. The van der Waals surface area contributed by atoms with Crippen molar-refractivity contribution >= 4 is 22.4 Å². The molecule has 0 aliphatic carbocycles. The van der Waals surface area contributed by atoms with Crippen LogP contribution in [0.4, 0.5) is 10.1 Å². The Kier molecular flexibility index (Phi) is 9.95. The van der Waals surface area contributed by atoms with Gasteiger partial charge >= 0.3 is 0 Å². The Morgan fingerprint density at radius 1 is 1.05 bits per heavy atom. The molecule has 37 heavy (non-hydrogen) atoms. The SMILES string of the molecule is CC.CCCC(CC)Oc1cc(F)cc(C(=O)Nc2ccc(Oc3ccnc(C)n3)c3ccccc23)c1.[HH]. The highest BCUT2D eigenvalue weighted by molar-refractivity contribution is 6.10. The van der Waals surface area contributed by atoms with E-state index < -0.39 is 11.7 Å². The van der Waals surface area contributed by atoms with Gasteiger partial charge in [-0.15, -0.1) is 0 Å². The van der Waals surface area contributed by atoms with Crippen LogP contribution < -0.4 is 14.8 Å². The van der Waals surface area contributed by atoms with Gasteiger partial charge in [-0.1, -0.05) is 58.4 Å². The van der Waals surface area contributed by atoms with Crippen LogP contribution in [0.2, 0.25) is 0 Å². The molecule has 196 valence electrons. The zero-order valence-corrected chi connectivity index (χ0v) is 22.0. The third-order valence-corrected chi connectivity index (χ3v) is 5.60. The Bertz CT molecular complexity index is 1350. The van der Waals surface area contributed by atoms with E-state index in [2.05, 4.69) is 22.2 Å². The molecular formula is C30H36FN3O3. The van der Waals surface area contributed by atoms with E-state index in [4.69, 9.17) is 9.47 Å². The van der Waals surface area contributed by atoms with Crippen molar-refractivity contribution in [2.45, 2.75) is 60.0 Å². The van der Waals surface area contributed by atoms with Gasteiger partial charge < -0.3 is 14.8 Å². The second kappa shape index (κ2) is 13.3. The van der Waals surface area contributed by atoms with Crippen molar-refractivity contribution in [2.75, 3.05) is 5.32 Å². The molecule has 0 radical (unpaired) electrons. The molecule has 1 N–H and O–H groups in total. The second-order valence-corrected chi connectivity index (χ2v) is 8.27. The summed E-state index contributed by atoms with van der Waals surface area (Å²) >= 11 is 0. The number of carbonyl (C=O) groups excluding carboxylic acids is 1. The summed E-state index contributed by atoms with van der Waals surface area (Å²) in [6.07, 6.45) is 4.25. The number of benzene rings is 3. The summed E-state index contributed by atoms with van der Waals surface area (Å²) in [6.45, 7) is 9.89. The molecule has 0 aliphatic heterocycles. The number of anilines is 1. The van der Waals surface area contributed by atoms with E-state index in [9.17, 15) is 9.18 Å². The molecule has 1 heterocycles. The third-order valence-electron chi connectivity index (χ3n) is 5.60. The minimum atomic E-state index is -0.521. The number of amides is 1. The van der Waals surface area contributed by atoms with Gasteiger partial charge in [-0.25, -0.2) is 9.37 Å². The van der Waals surface area contributed by atoms with E-state index in [1.54, 1.807) is 37.4 Å². The number of hydrogen-bond donors (Lipinski definition) is 1. The molecular weight excluding hydrogens is 469 g/mol. The maximum Gasteiger partial charge on any atom is 0.255 e. The van der Waals surface area contributed by atoms with Crippen LogP contribution in [-0.2, 0) is 0 Å². The van der Waals surface area contributed by atoms with Crippen molar-refractivity contribution in [1.82, 2.24) is 9.97 Å². The van der Waals surface area contributed by atoms with Crippen LogP contribution in [0.25, 0.3) is 10.8 Å². The summed E-state index contributed by atoms with van der Waals surface area (Å²) in [5.41, 5.74) is 0.771. The number of ether oxygens (including phenoxy) is 2. The Hall–Kier alpha value is -4.00. The summed E-state index contributed by atoms with van der Waals surface area (Å²) in [5, 5.41) is 4.49. The van der Waals surface area contributed by atoms with Crippen molar-refractivity contribution in [3.05, 3.63) is 84.1 Å². The molecule has 0 bridgehead atoms. The van der Waals surface area contributed by atoms with Gasteiger partial charge in [0.1, 0.15) is 23.1 Å². The van der Waals surface area contributed by atoms with E-state index in [1.165, 1.54) is 12.1 Å². The first-order valence-corrected chi connectivity index (χ1v) is 12.7. The lowest BCUT2D eigenvalue weighted by Crippen LogP contribution is -2.16. The molecule has 0 fully saturated rings. The fourth-order valence-corrected chi connectivity index (χ4v) is 3.89. The van der Waals surface area contributed by atoms with Crippen molar-refractivity contribution in [2.24, 2.45) is 0 Å². The van der Waals surface area contributed by atoms with Crippen LogP contribution in [-0.4, -0.2) is 22.0 Å². The molecule has 6 nitrogen and oxygen atoms in total. The highest BCUT2D eigenvalue weighted by atomic mass is 19.1.